The number of esters is 3. The Morgan fingerprint density at radius 1 is 0.311 bits per heavy atom. The van der Waals surface area contributed by atoms with Gasteiger partial charge in [-0.15, -0.1) is 0 Å². The summed E-state index contributed by atoms with van der Waals surface area (Å²) in [6.45, 7) is 6.59. The maximum absolute atomic E-state index is 12.8. The number of hydrogen-bond acceptors (Lipinski definition) is 6. The summed E-state index contributed by atoms with van der Waals surface area (Å²) in [5.74, 6) is -0.880. The third-order valence-corrected chi connectivity index (χ3v) is 11.9. The molecule has 0 saturated heterocycles. The van der Waals surface area contributed by atoms with Crippen molar-refractivity contribution in [3.05, 3.63) is 24.3 Å². The lowest BCUT2D eigenvalue weighted by Gasteiger charge is -2.18. The molecule has 0 bridgehead atoms. The van der Waals surface area contributed by atoms with E-state index >= 15 is 0 Å². The van der Waals surface area contributed by atoms with E-state index in [1.54, 1.807) is 0 Å². The highest BCUT2D eigenvalue weighted by molar-refractivity contribution is 5.71. The average Bonchev–Trinajstić information content (AvgIpc) is 3.26. The SMILES string of the molecule is CCCC/C=C\CCCCCCCC(=O)OCC(COC(=O)CCCCCCCCCCCCCCCCCCCCCC)OC(=O)CCCCCCC/C=C\CCCCC. The molecule has 0 saturated carbocycles. The Bertz CT molecular complexity index is 989. The van der Waals surface area contributed by atoms with Crippen LogP contribution in [0.1, 0.15) is 290 Å². The van der Waals surface area contributed by atoms with Crippen LogP contribution in [-0.2, 0) is 28.6 Å². The third kappa shape index (κ3) is 48.8. The van der Waals surface area contributed by atoms with Gasteiger partial charge in [0.1, 0.15) is 13.2 Å². The van der Waals surface area contributed by atoms with Crippen molar-refractivity contribution in [3.8, 4) is 0 Å². The van der Waals surface area contributed by atoms with Gasteiger partial charge in [0, 0.05) is 19.3 Å². The Labute approximate surface area is 379 Å². The van der Waals surface area contributed by atoms with Gasteiger partial charge in [0.15, 0.2) is 6.10 Å². The van der Waals surface area contributed by atoms with Crippen LogP contribution >= 0.6 is 0 Å². The summed E-state index contributed by atoms with van der Waals surface area (Å²) in [6.07, 6.45) is 57.4. The number of unbranched alkanes of at least 4 members (excludes halogenated alkanes) is 34. The molecule has 358 valence electrons. The highest BCUT2D eigenvalue weighted by Gasteiger charge is 2.19. The Hall–Kier alpha value is -2.11. The molecule has 0 aliphatic rings. The molecule has 0 fully saturated rings. The molecule has 0 rings (SSSR count). The van der Waals surface area contributed by atoms with Gasteiger partial charge in [-0.3, -0.25) is 14.4 Å². The van der Waals surface area contributed by atoms with Gasteiger partial charge < -0.3 is 14.2 Å². The molecule has 0 N–H and O–H groups in total. The molecule has 0 radical (unpaired) electrons. The molecule has 1 atom stereocenters. The van der Waals surface area contributed by atoms with Gasteiger partial charge in [0.25, 0.3) is 0 Å². The van der Waals surface area contributed by atoms with E-state index in [2.05, 4.69) is 45.1 Å². The van der Waals surface area contributed by atoms with Crippen LogP contribution in [0.4, 0.5) is 0 Å². The third-order valence-electron chi connectivity index (χ3n) is 11.9. The van der Waals surface area contributed by atoms with Crippen molar-refractivity contribution < 1.29 is 28.6 Å². The number of ether oxygens (including phenoxy) is 3. The van der Waals surface area contributed by atoms with Crippen LogP contribution in [0.15, 0.2) is 24.3 Å². The van der Waals surface area contributed by atoms with Gasteiger partial charge in [0.2, 0.25) is 0 Å². The molecule has 0 aromatic heterocycles. The van der Waals surface area contributed by atoms with Crippen molar-refractivity contribution >= 4 is 17.9 Å². The summed E-state index contributed by atoms with van der Waals surface area (Å²) in [5, 5.41) is 0. The summed E-state index contributed by atoms with van der Waals surface area (Å²) >= 11 is 0. The zero-order chi connectivity index (χ0) is 44.4. The first-order valence-electron chi connectivity index (χ1n) is 26.8. The van der Waals surface area contributed by atoms with Crippen LogP contribution in [0.3, 0.4) is 0 Å². The van der Waals surface area contributed by atoms with Gasteiger partial charge in [0.05, 0.1) is 0 Å². The van der Waals surface area contributed by atoms with Crippen molar-refractivity contribution in [2.75, 3.05) is 13.2 Å². The van der Waals surface area contributed by atoms with Crippen LogP contribution in [-0.4, -0.2) is 37.2 Å². The number of allylic oxidation sites excluding steroid dienone is 4. The maximum Gasteiger partial charge on any atom is 0.306 e. The van der Waals surface area contributed by atoms with Crippen LogP contribution in [0.2, 0.25) is 0 Å². The first-order chi connectivity index (χ1) is 30.0. The standard InChI is InChI=1S/C55H102O6/c1-4-7-10-13-16-19-22-24-25-26-27-28-29-30-31-34-36-39-42-45-48-54(57)60-51-52(50-59-53(56)47-44-41-38-35-32-21-18-15-12-9-6-3)61-55(58)49-46-43-40-37-33-23-20-17-14-11-8-5-2/h15,17-18,20,52H,4-14,16,19,21-51H2,1-3H3/b18-15-,20-17-. The number of carbonyl (C=O) groups is 3. The van der Waals surface area contributed by atoms with Crippen molar-refractivity contribution in [2.24, 2.45) is 0 Å². The van der Waals surface area contributed by atoms with Crippen LogP contribution in [0, 0.1) is 0 Å². The Morgan fingerprint density at radius 3 is 0.902 bits per heavy atom. The molecule has 0 aromatic rings. The fourth-order valence-corrected chi connectivity index (χ4v) is 7.83. The lowest BCUT2D eigenvalue weighted by molar-refractivity contribution is -0.167. The van der Waals surface area contributed by atoms with Gasteiger partial charge >= 0.3 is 17.9 Å². The Balaban J connectivity index is 4.25. The number of hydrogen-bond donors (Lipinski definition) is 0. The molecule has 1 unspecified atom stereocenters. The van der Waals surface area contributed by atoms with E-state index in [-0.39, 0.29) is 31.1 Å². The van der Waals surface area contributed by atoms with E-state index in [4.69, 9.17) is 14.2 Å². The monoisotopic (exact) mass is 859 g/mol. The van der Waals surface area contributed by atoms with E-state index < -0.39 is 6.10 Å². The lowest BCUT2D eigenvalue weighted by atomic mass is 10.0. The molecule has 6 heteroatoms. The summed E-state index contributed by atoms with van der Waals surface area (Å²) < 4.78 is 16.8. The van der Waals surface area contributed by atoms with Crippen LogP contribution < -0.4 is 0 Å². The summed E-state index contributed by atoms with van der Waals surface area (Å²) in [6, 6.07) is 0. The second-order valence-corrected chi connectivity index (χ2v) is 18.1. The minimum atomic E-state index is -0.773. The second-order valence-electron chi connectivity index (χ2n) is 18.1. The topological polar surface area (TPSA) is 78.9 Å². The Morgan fingerprint density at radius 2 is 0.557 bits per heavy atom. The van der Waals surface area contributed by atoms with Gasteiger partial charge in [-0.2, -0.15) is 0 Å². The van der Waals surface area contributed by atoms with Crippen molar-refractivity contribution in [2.45, 2.75) is 297 Å². The highest BCUT2D eigenvalue weighted by atomic mass is 16.6. The minimum Gasteiger partial charge on any atom is -0.462 e. The molecular formula is C55H102O6. The summed E-state index contributed by atoms with van der Waals surface area (Å²) in [7, 11) is 0. The van der Waals surface area contributed by atoms with E-state index in [9.17, 15) is 14.4 Å². The van der Waals surface area contributed by atoms with Gasteiger partial charge in [-0.25, -0.2) is 0 Å². The quantitative estimate of drug-likeness (QED) is 0.0262. The molecule has 0 aromatic carbocycles. The molecule has 0 aliphatic heterocycles. The first kappa shape index (κ1) is 58.9. The Kier molecular flexibility index (Phi) is 48.8. The molecule has 0 heterocycles. The summed E-state index contributed by atoms with van der Waals surface area (Å²) in [5.41, 5.74) is 0. The molecular weight excluding hydrogens is 757 g/mol. The van der Waals surface area contributed by atoms with Crippen LogP contribution in [0.5, 0.6) is 0 Å². The van der Waals surface area contributed by atoms with Crippen LogP contribution in [0.25, 0.3) is 0 Å². The molecule has 0 spiro atoms. The predicted molar refractivity (Wildman–Crippen MR) is 261 cm³/mol. The van der Waals surface area contributed by atoms with E-state index in [0.717, 1.165) is 70.6 Å². The van der Waals surface area contributed by atoms with Gasteiger partial charge in [-0.1, -0.05) is 231 Å². The van der Waals surface area contributed by atoms with Crippen molar-refractivity contribution in [1.82, 2.24) is 0 Å². The summed E-state index contributed by atoms with van der Waals surface area (Å²) in [4.78, 5) is 37.9. The maximum atomic E-state index is 12.8. The van der Waals surface area contributed by atoms with Gasteiger partial charge in [-0.05, 0) is 64.2 Å². The number of carbonyl (C=O) groups excluding carboxylic acids is 3. The molecule has 61 heavy (non-hydrogen) atoms. The molecule has 0 amide bonds. The zero-order valence-corrected chi connectivity index (χ0v) is 40.9. The molecule has 0 aliphatic carbocycles. The molecule has 6 nitrogen and oxygen atoms in total. The van der Waals surface area contributed by atoms with Crippen molar-refractivity contribution in [3.63, 3.8) is 0 Å². The zero-order valence-electron chi connectivity index (χ0n) is 40.9. The van der Waals surface area contributed by atoms with E-state index in [1.807, 2.05) is 0 Å². The normalized spacial score (nSPS) is 12.1. The smallest absolute Gasteiger partial charge is 0.306 e. The fraction of sp³-hybridized carbons (Fsp3) is 0.873. The second kappa shape index (κ2) is 50.5. The predicted octanol–water partition coefficient (Wildman–Crippen LogP) is 17.5. The lowest BCUT2D eigenvalue weighted by Crippen LogP contribution is -2.30. The van der Waals surface area contributed by atoms with Crippen molar-refractivity contribution in [1.29, 1.82) is 0 Å². The number of rotatable bonds is 49. The van der Waals surface area contributed by atoms with E-state index in [0.29, 0.717) is 19.3 Å². The average molecular weight is 859 g/mol. The minimum absolute atomic E-state index is 0.0735. The van der Waals surface area contributed by atoms with E-state index in [1.165, 1.54) is 180 Å². The highest BCUT2D eigenvalue weighted by Crippen LogP contribution is 2.16. The largest absolute Gasteiger partial charge is 0.462 e. The fourth-order valence-electron chi connectivity index (χ4n) is 7.83. The first-order valence-corrected chi connectivity index (χ1v) is 26.8.